The molecule has 1 radical (unpaired) electrons. The van der Waals surface area contributed by atoms with Gasteiger partial charge >= 0.3 is 0 Å². The van der Waals surface area contributed by atoms with Crippen LogP contribution in [0.4, 0.5) is 8.78 Å². The molecule has 1 aliphatic rings. The van der Waals surface area contributed by atoms with Gasteiger partial charge in [0, 0.05) is 12.1 Å². The molecular weight excluding hydrogens is 188 g/mol. The molecule has 4 heteroatoms. The standard InChI is InChI=1S/C10H10F2NO/c11-8-3-1-2-7(10(8)12)9-6-14-5-4-13-9/h1-3,9H,4-6H2. The summed E-state index contributed by atoms with van der Waals surface area (Å²) in [6.07, 6.45) is 0. The van der Waals surface area contributed by atoms with Crippen molar-refractivity contribution in [2.24, 2.45) is 0 Å². The molecule has 1 heterocycles. The lowest BCUT2D eigenvalue weighted by Gasteiger charge is -2.22. The fourth-order valence-electron chi connectivity index (χ4n) is 1.49. The van der Waals surface area contributed by atoms with Crippen LogP contribution in [0.1, 0.15) is 11.6 Å². The SMILES string of the molecule is Fc1cccc(C2COCC[N]2)c1F. The van der Waals surface area contributed by atoms with Crippen molar-refractivity contribution >= 4 is 0 Å². The molecule has 2 rings (SSSR count). The van der Waals surface area contributed by atoms with Gasteiger partial charge in [0.15, 0.2) is 11.6 Å². The Kier molecular flexibility index (Phi) is 2.74. The molecule has 1 aliphatic heterocycles. The van der Waals surface area contributed by atoms with E-state index < -0.39 is 11.6 Å². The molecular formula is C10H10F2NO. The second-order valence-corrected chi connectivity index (χ2v) is 3.14. The molecule has 2 nitrogen and oxygen atoms in total. The number of rotatable bonds is 1. The van der Waals surface area contributed by atoms with Gasteiger partial charge in [-0.3, -0.25) is 0 Å². The van der Waals surface area contributed by atoms with Crippen LogP contribution >= 0.6 is 0 Å². The monoisotopic (exact) mass is 198 g/mol. The second kappa shape index (κ2) is 4.02. The van der Waals surface area contributed by atoms with Crippen LogP contribution in [0.15, 0.2) is 18.2 Å². The quantitative estimate of drug-likeness (QED) is 0.672. The van der Waals surface area contributed by atoms with E-state index in [-0.39, 0.29) is 11.6 Å². The highest BCUT2D eigenvalue weighted by Gasteiger charge is 2.21. The number of hydrogen-bond acceptors (Lipinski definition) is 1. The maximum absolute atomic E-state index is 13.3. The van der Waals surface area contributed by atoms with E-state index >= 15 is 0 Å². The number of hydrogen-bond donors (Lipinski definition) is 0. The molecule has 75 valence electrons. The maximum Gasteiger partial charge on any atom is 0.163 e. The van der Waals surface area contributed by atoms with E-state index in [0.717, 1.165) is 6.07 Å². The molecule has 0 amide bonds. The van der Waals surface area contributed by atoms with Crippen LogP contribution < -0.4 is 5.32 Å². The highest BCUT2D eigenvalue weighted by Crippen LogP contribution is 2.21. The largest absolute Gasteiger partial charge is 0.378 e. The van der Waals surface area contributed by atoms with Crippen molar-refractivity contribution in [3.63, 3.8) is 0 Å². The first-order valence-corrected chi connectivity index (χ1v) is 4.47. The van der Waals surface area contributed by atoms with Gasteiger partial charge in [-0.15, -0.1) is 0 Å². The lowest BCUT2D eigenvalue weighted by atomic mass is 10.1. The highest BCUT2D eigenvalue weighted by atomic mass is 19.2. The summed E-state index contributed by atoms with van der Waals surface area (Å²) in [5.41, 5.74) is 0.282. The van der Waals surface area contributed by atoms with Crippen LogP contribution in [0.5, 0.6) is 0 Å². The predicted molar refractivity (Wildman–Crippen MR) is 46.9 cm³/mol. The molecule has 1 aromatic rings. The summed E-state index contributed by atoms with van der Waals surface area (Å²) < 4.78 is 31.3. The molecule has 0 bridgehead atoms. The molecule has 0 spiro atoms. The minimum absolute atomic E-state index is 0.282. The van der Waals surface area contributed by atoms with Gasteiger partial charge in [0.25, 0.3) is 0 Å². The molecule has 0 aromatic heterocycles. The summed E-state index contributed by atoms with van der Waals surface area (Å²) in [4.78, 5) is 0. The van der Waals surface area contributed by atoms with E-state index in [1.807, 2.05) is 0 Å². The first-order valence-electron chi connectivity index (χ1n) is 4.47. The van der Waals surface area contributed by atoms with Gasteiger partial charge in [0.2, 0.25) is 0 Å². The Morgan fingerprint density at radius 1 is 1.36 bits per heavy atom. The van der Waals surface area contributed by atoms with Gasteiger partial charge < -0.3 is 4.74 Å². The molecule has 0 N–H and O–H groups in total. The Morgan fingerprint density at radius 2 is 2.21 bits per heavy atom. The van der Waals surface area contributed by atoms with Gasteiger partial charge in [-0.25, -0.2) is 14.1 Å². The topological polar surface area (TPSA) is 23.3 Å². The van der Waals surface area contributed by atoms with Gasteiger partial charge in [0.1, 0.15) is 0 Å². The molecule has 1 fully saturated rings. The number of benzene rings is 1. The van der Waals surface area contributed by atoms with Crippen molar-refractivity contribution in [2.75, 3.05) is 19.8 Å². The molecule has 1 atom stereocenters. The molecule has 14 heavy (non-hydrogen) atoms. The Balaban J connectivity index is 2.26. The van der Waals surface area contributed by atoms with Gasteiger partial charge in [-0.2, -0.15) is 0 Å². The Labute approximate surface area is 80.9 Å². The summed E-state index contributed by atoms with van der Waals surface area (Å²) in [7, 11) is 0. The molecule has 0 saturated carbocycles. The zero-order valence-corrected chi connectivity index (χ0v) is 7.54. The molecule has 1 saturated heterocycles. The van der Waals surface area contributed by atoms with Crippen LogP contribution in [0.3, 0.4) is 0 Å². The van der Waals surface area contributed by atoms with Crippen LogP contribution in [-0.4, -0.2) is 19.8 Å². The van der Waals surface area contributed by atoms with Crippen molar-refractivity contribution in [3.8, 4) is 0 Å². The van der Waals surface area contributed by atoms with Crippen molar-refractivity contribution < 1.29 is 13.5 Å². The van der Waals surface area contributed by atoms with E-state index in [2.05, 4.69) is 5.32 Å². The minimum Gasteiger partial charge on any atom is -0.378 e. The highest BCUT2D eigenvalue weighted by molar-refractivity contribution is 5.22. The second-order valence-electron chi connectivity index (χ2n) is 3.14. The van der Waals surface area contributed by atoms with E-state index in [4.69, 9.17) is 4.74 Å². The van der Waals surface area contributed by atoms with E-state index in [1.165, 1.54) is 6.07 Å². The average Bonchev–Trinajstić information content (AvgIpc) is 2.23. The normalized spacial score (nSPS) is 22.3. The lowest BCUT2D eigenvalue weighted by molar-refractivity contribution is 0.0731. The van der Waals surface area contributed by atoms with Crippen molar-refractivity contribution in [1.82, 2.24) is 5.32 Å². The smallest absolute Gasteiger partial charge is 0.163 e. The first kappa shape index (κ1) is 9.55. The fraction of sp³-hybridized carbons (Fsp3) is 0.400. The molecule has 0 aliphatic carbocycles. The third-order valence-corrected chi connectivity index (χ3v) is 2.20. The zero-order chi connectivity index (χ0) is 9.97. The van der Waals surface area contributed by atoms with Crippen LogP contribution in [0.2, 0.25) is 0 Å². The fourth-order valence-corrected chi connectivity index (χ4v) is 1.49. The van der Waals surface area contributed by atoms with Gasteiger partial charge in [-0.05, 0) is 6.07 Å². The van der Waals surface area contributed by atoms with Crippen LogP contribution in [0.25, 0.3) is 0 Å². The number of morpholine rings is 1. The molecule has 1 aromatic carbocycles. The number of nitrogens with zero attached hydrogens (tertiary/aromatic N) is 1. The van der Waals surface area contributed by atoms with Crippen molar-refractivity contribution in [2.45, 2.75) is 6.04 Å². The van der Waals surface area contributed by atoms with Crippen LogP contribution in [-0.2, 0) is 4.74 Å². The molecule has 1 unspecified atom stereocenters. The van der Waals surface area contributed by atoms with Gasteiger partial charge in [-0.1, -0.05) is 12.1 Å². The zero-order valence-electron chi connectivity index (χ0n) is 7.54. The summed E-state index contributed by atoms with van der Waals surface area (Å²) in [5, 5.41) is 4.17. The van der Waals surface area contributed by atoms with Crippen molar-refractivity contribution in [1.29, 1.82) is 0 Å². The van der Waals surface area contributed by atoms with Gasteiger partial charge in [0.05, 0.1) is 19.3 Å². The van der Waals surface area contributed by atoms with Crippen LogP contribution in [0, 0.1) is 11.6 Å². The first-order chi connectivity index (χ1) is 6.79. The maximum atomic E-state index is 13.3. The average molecular weight is 198 g/mol. The Hall–Kier alpha value is -1.00. The third-order valence-electron chi connectivity index (χ3n) is 2.20. The Morgan fingerprint density at radius 3 is 2.93 bits per heavy atom. The summed E-state index contributed by atoms with van der Waals surface area (Å²) in [6.45, 7) is 1.44. The van der Waals surface area contributed by atoms with Crippen molar-refractivity contribution in [3.05, 3.63) is 35.4 Å². The minimum atomic E-state index is -0.830. The number of halogens is 2. The number of ether oxygens (including phenoxy) is 1. The lowest BCUT2D eigenvalue weighted by Crippen LogP contribution is -2.29. The summed E-state index contributed by atoms with van der Waals surface area (Å²) >= 11 is 0. The summed E-state index contributed by atoms with van der Waals surface area (Å²) in [5.74, 6) is -1.64. The predicted octanol–water partition coefficient (Wildman–Crippen LogP) is 1.64. The third kappa shape index (κ3) is 1.76. The van der Waals surface area contributed by atoms with E-state index in [1.54, 1.807) is 6.07 Å². The Bertz CT molecular complexity index is 324. The van der Waals surface area contributed by atoms with E-state index in [9.17, 15) is 8.78 Å². The van der Waals surface area contributed by atoms with E-state index in [0.29, 0.717) is 19.8 Å². The summed E-state index contributed by atoms with van der Waals surface area (Å²) in [6, 6.07) is 3.77.